The van der Waals surface area contributed by atoms with Crippen LogP contribution in [0.1, 0.15) is 19.3 Å². The monoisotopic (exact) mass is 291 g/mol. The molecule has 2 aliphatic carbocycles. The van der Waals surface area contributed by atoms with E-state index in [4.69, 9.17) is 5.73 Å². The Hall–Kier alpha value is -0.330. The molecule has 0 aromatic rings. The molecule has 6 heteroatoms. The van der Waals surface area contributed by atoms with Crippen molar-refractivity contribution in [3.63, 3.8) is 0 Å². The summed E-state index contributed by atoms with van der Waals surface area (Å²) in [6.45, 7) is 2.76. The van der Waals surface area contributed by atoms with Gasteiger partial charge in [-0.15, -0.1) is 0 Å². The van der Waals surface area contributed by atoms with Crippen LogP contribution < -0.4 is 5.73 Å². The molecule has 2 bridgehead atoms. The second kappa shape index (κ2) is 5.46. The van der Waals surface area contributed by atoms with Gasteiger partial charge in [0.15, 0.2) is 0 Å². The maximum Gasteiger partial charge on any atom is 0.401 e. The average Bonchev–Trinajstić information content (AvgIpc) is 2.93. The highest BCUT2D eigenvalue weighted by Gasteiger charge is 2.46. The maximum absolute atomic E-state index is 12.3. The summed E-state index contributed by atoms with van der Waals surface area (Å²) in [7, 11) is 0. The molecular formula is C14H24F3N3. The summed E-state index contributed by atoms with van der Waals surface area (Å²) in [5.74, 6) is 2.04. The van der Waals surface area contributed by atoms with Crippen molar-refractivity contribution < 1.29 is 13.2 Å². The van der Waals surface area contributed by atoms with Gasteiger partial charge in [-0.1, -0.05) is 0 Å². The van der Waals surface area contributed by atoms with Crippen LogP contribution in [0, 0.1) is 17.8 Å². The maximum atomic E-state index is 12.3. The molecule has 3 aliphatic rings. The van der Waals surface area contributed by atoms with Crippen molar-refractivity contribution in [1.82, 2.24) is 9.80 Å². The minimum absolute atomic E-state index is 0.321. The highest BCUT2D eigenvalue weighted by atomic mass is 19.4. The van der Waals surface area contributed by atoms with Crippen molar-refractivity contribution in [2.24, 2.45) is 23.5 Å². The predicted octanol–water partition coefficient (Wildman–Crippen LogP) is 1.54. The molecular weight excluding hydrogens is 267 g/mol. The van der Waals surface area contributed by atoms with Gasteiger partial charge in [-0.2, -0.15) is 13.2 Å². The predicted molar refractivity (Wildman–Crippen MR) is 71.2 cm³/mol. The van der Waals surface area contributed by atoms with Crippen molar-refractivity contribution in [3.05, 3.63) is 0 Å². The number of rotatable bonds is 3. The molecule has 116 valence electrons. The van der Waals surface area contributed by atoms with Crippen molar-refractivity contribution in [2.45, 2.75) is 31.5 Å². The van der Waals surface area contributed by atoms with Crippen LogP contribution in [0.5, 0.6) is 0 Å². The van der Waals surface area contributed by atoms with Crippen LogP contribution in [0.25, 0.3) is 0 Å². The van der Waals surface area contributed by atoms with Crippen LogP contribution in [0.3, 0.4) is 0 Å². The molecule has 0 amide bonds. The van der Waals surface area contributed by atoms with Gasteiger partial charge in [0, 0.05) is 38.8 Å². The van der Waals surface area contributed by atoms with Gasteiger partial charge in [0.2, 0.25) is 0 Å². The van der Waals surface area contributed by atoms with E-state index in [0.717, 1.165) is 25.6 Å². The van der Waals surface area contributed by atoms with Crippen molar-refractivity contribution in [3.8, 4) is 0 Å². The summed E-state index contributed by atoms with van der Waals surface area (Å²) in [5, 5.41) is 0. The number of nitrogens with two attached hydrogens (primary N) is 1. The number of hydrogen-bond donors (Lipinski definition) is 1. The highest BCUT2D eigenvalue weighted by Crippen LogP contribution is 2.47. The Morgan fingerprint density at radius 1 is 0.950 bits per heavy atom. The van der Waals surface area contributed by atoms with E-state index >= 15 is 0 Å². The summed E-state index contributed by atoms with van der Waals surface area (Å²) in [5.41, 5.74) is 6.31. The van der Waals surface area contributed by atoms with E-state index in [1.165, 1.54) is 24.2 Å². The van der Waals surface area contributed by atoms with Gasteiger partial charge in [-0.05, 0) is 37.0 Å². The lowest BCUT2D eigenvalue weighted by Gasteiger charge is -2.38. The quantitative estimate of drug-likeness (QED) is 0.856. The van der Waals surface area contributed by atoms with Gasteiger partial charge in [0.25, 0.3) is 0 Å². The normalized spacial score (nSPS) is 39.6. The third-order valence-corrected chi connectivity index (χ3v) is 5.49. The van der Waals surface area contributed by atoms with Gasteiger partial charge in [-0.3, -0.25) is 4.90 Å². The number of fused-ring (bicyclic) bond motifs is 2. The fourth-order valence-corrected chi connectivity index (χ4v) is 4.41. The van der Waals surface area contributed by atoms with Gasteiger partial charge in [0.1, 0.15) is 0 Å². The molecule has 0 radical (unpaired) electrons. The lowest BCUT2D eigenvalue weighted by atomic mass is 9.84. The van der Waals surface area contributed by atoms with E-state index in [1.54, 1.807) is 0 Å². The van der Waals surface area contributed by atoms with Crippen molar-refractivity contribution in [1.29, 1.82) is 0 Å². The Morgan fingerprint density at radius 3 is 2.10 bits per heavy atom. The Bertz CT molecular complexity index is 337. The Balaban J connectivity index is 1.45. The van der Waals surface area contributed by atoms with E-state index < -0.39 is 12.7 Å². The van der Waals surface area contributed by atoms with Crippen LogP contribution in [0.15, 0.2) is 0 Å². The molecule has 1 saturated heterocycles. The Morgan fingerprint density at radius 2 is 1.55 bits per heavy atom. The zero-order chi connectivity index (χ0) is 14.3. The summed E-state index contributed by atoms with van der Waals surface area (Å²) in [6.07, 6.45) is -0.215. The van der Waals surface area contributed by atoms with E-state index in [-0.39, 0.29) is 0 Å². The van der Waals surface area contributed by atoms with Gasteiger partial charge in [-0.25, -0.2) is 0 Å². The first-order chi connectivity index (χ1) is 9.42. The van der Waals surface area contributed by atoms with E-state index in [1.807, 2.05) is 0 Å². The molecule has 2 N–H and O–H groups in total. The SMILES string of the molecule is NC1C2CCC(C2)C1CN1CCN(CC(F)(F)F)CC1. The summed E-state index contributed by atoms with van der Waals surface area (Å²) >= 11 is 0. The molecule has 4 unspecified atom stereocenters. The first-order valence-electron chi connectivity index (χ1n) is 7.69. The van der Waals surface area contributed by atoms with Gasteiger partial charge in [0.05, 0.1) is 6.54 Å². The number of hydrogen-bond acceptors (Lipinski definition) is 3. The molecule has 0 aromatic carbocycles. The molecule has 3 nitrogen and oxygen atoms in total. The molecule has 20 heavy (non-hydrogen) atoms. The minimum atomic E-state index is -4.07. The largest absolute Gasteiger partial charge is 0.401 e. The summed E-state index contributed by atoms with van der Waals surface area (Å²) < 4.78 is 37.0. The fraction of sp³-hybridized carbons (Fsp3) is 1.00. The van der Waals surface area contributed by atoms with E-state index in [0.29, 0.717) is 31.0 Å². The Labute approximate surface area is 118 Å². The molecule has 3 fully saturated rings. The van der Waals surface area contributed by atoms with Crippen molar-refractivity contribution >= 4 is 0 Å². The molecule has 4 atom stereocenters. The highest BCUT2D eigenvalue weighted by molar-refractivity contribution is 5.00. The molecule has 1 heterocycles. The number of piperazine rings is 1. The second-order valence-corrected chi connectivity index (χ2v) is 6.77. The van der Waals surface area contributed by atoms with Crippen LogP contribution >= 0.6 is 0 Å². The molecule has 1 aliphatic heterocycles. The lowest BCUT2D eigenvalue weighted by molar-refractivity contribution is -0.149. The van der Waals surface area contributed by atoms with Crippen LogP contribution in [0.4, 0.5) is 13.2 Å². The fourth-order valence-electron chi connectivity index (χ4n) is 4.41. The summed E-state index contributed by atoms with van der Waals surface area (Å²) in [4.78, 5) is 3.83. The topological polar surface area (TPSA) is 32.5 Å². The van der Waals surface area contributed by atoms with E-state index in [9.17, 15) is 13.2 Å². The number of halogens is 3. The minimum Gasteiger partial charge on any atom is -0.327 e. The zero-order valence-corrected chi connectivity index (χ0v) is 11.8. The number of alkyl halides is 3. The Kier molecular flexibility index (Phi) is 3.99. The molecule has 2 saturated carbocycles. The smallest absolute Gasteiger partial charge is 0.327 e. The van der Waals surface area contributed by atoms with Crippen molar-refractivity contribution in [2.75, 3.05) is 39.3 Å². The van der Waals surface area contributed by atoms with Crippen LogP contribution in [-0.2, 0) is 0 Å². The molecule has 3 rings (SSSR count). The van der Waals surface area contributed by atoms with E-state index in [2.05, 4.69) is 4.90 Å². The lowest BCUT2D eigenvalue weighted by Crippen LogP contribution is -2.52. The molecule has 0 spiro atoms. The second-order valence-electron chi connectivity index (χ2n) is 6.77. The zero-order valence-electron chi connectivity index (χ0n) is 11.8. The third kappa shape index (κ3) is 3.12. The molecule has 0 aromatic heterocycles. The first-order valence-corrected chi connectivity index (χ1v) is 7.69. The van der Waals surface area contributed by atoms with Crippen LogP contribution in [0.2, 0.25) is 0 Å². The van der Waals surface area contributed by atoms with Crippen LogP contribution in [-0.4, -0.2) is 61.3 Å². The standard InChI is InChI=1S/C14H24F3N3/c15-14(16,17)9-20-5-3-19(4-6-20)8-12-10-1-2-11(7-10)13(12)18/h10-13H,1-9,18H2. The van der Waals surface area contributed by atoms with Gasteiger partial charge >= 0.3 is 6.18 Å². The number of nitrogens with zero attached hydrogens (tertiary/aromatic N) is 2. The van der Waals surface area contributed by atoms with Gasteiger partial charge < -0.3 is 10.6 Å². The summed E-state index contributed by atoms with van der Waals surface area (Å²) in [6, 6.07) is 0.321. The first kappa shape index (κ1) is 14.6. The third-order valence-electron chi connectivity index (χ3n) is 5.49. The average molecular weight is 291 g/mol.